The van der Waals surface area contributed by atoms with E-state index in [9.17, 15) is 24.9 Å². The standard InChI is InChI=1S/C23H32O6/c1-20-7-16(15-6-19(26)29-12-15)9-23(20,28)8-14-2-5-22(27)10-17(25)3-4-21(22,13-24)18(14)11-20/h6,13-14,16-18,25,27-28H,2-5,7-12H2,1H3/t14-,16?,17+,18-,20?,21?,22?,23?/m0/s1. The highest BCUT2D eigenvalue weighted by molar-refractivity contribution is 5.85. The van der Waals surface area contributed by atoms with Crippen LogP contribution in [0.25, 0.3) is 0 Å². The minimum atomic E-state index is -1.15. The zero-order valence-corrected chi connectivity index (χ0v) is 17.1. The number of hydrogen-bond donors (Lipinski definition) is 3. The maximum atomic E-state index is 12.5. The van der Waals surface area contributed by atoms with E-state index in [1.807, 2.05) is 0 Å². The van der Waals surface area contributed by atoms with E-state index in [0.717, 1.165) is 24.7 Å². The normalized spacial score (nSPS) is 54.1. The molecule has 1 heterocycles. The van der Waals surface area contributed by atoms with Crippen molar-refractivity contribution in [3.05, 3.63) is 11.6 Å². The van der Waals surface area contributed by atoms with Gasteiger partial charge in [0.15, 0.2) is 0 Å². The Hall–Kier alpha value is -1.24. The molecule has 5 unspecified atom stereocenters. The van der Waals surface area contributed by atoms with Crippen molar-refractivity contribution in [1.82, 2.24) is 0 Å². The molecule has 4 saturated carbocycles. The third kappa shape index (κ3) is 2.58. The Labute approximate surface area is 171 Å². The zero-order chi connectivity index (χ0) is 20.7. The molecule has 29 heavy (non-hydrogen) atoms. The van der Waals surface area contributed by atoms with Crippen LogP contribution in [0.4, 0.5) is 0 Å². The van der Waals surface area contributed by atoms with Crippen molar-refractivity contribution in [3.8, 4) is 0 Å². The third-order valence-electron chi connectivity index (χ3n) is 9.58. The first kappa shape index (κ1) is 19.7. The van der Waals surface area contributed by atoms with Gasteiger partial charge in [-0.3, -0.25) is 0 Å². The van der Waals surface area contributed by atoms with Crippen LogP contribution in [0.15, 0.2) is 11.6 Å². The van der Waals surface area contributed by atoms with Crippen LogP contribution in [0.3, 0.4) is 0 Å². The van der Waals surface area contributed by atoms with Gasteiger partial charge in [0.2, 0.25) is 0 Å². The summed E-state index contributed by atoms with van der Waals surface area (Å²) in [5, 5.41) is 33.4. The highest BCUT2D eigenvalue weighted by atomic mass is 16.5. The maximum absolute atomic E-state index is 12.5. The fourth-order valence-electron chi connectivity index (χ4n) is 7.95. The summed E-state index contributed by atoms with van der Waals surface area (Å²) in [6, 6.07) is 0. The SMILES string of the molecule is CC12CC(C3=CC(=O)OC3)CC1(O)C[C@@H]1CCC3(O)C[C@H](O)CCC3(C=O)[C@H]1C2. The lowest BCUT2D eigenvalue weighted by molar-refractivity contribution is -0.229. The molecule has 5 rings (SSSR count). The van der Waals surface area contributed by atoms with Crippen LogP contribution in [0.2, 0.25) is 0 Å². The summed E-state index contributed by atoms with van der Waals surface area (Å²) in [6.45, 7) is 2.43. The first-order valence-electron chi connectivity index (χ1n) is 11.1. The van der Waals surface area contributed by atoms with Gasteiger partial charge in [-0.2, -0.15) is 0 Å². The number of aldehydes is 1. The Kier molecular flexibility index (Phi) is 4.18. The number of rotatable bonds is 2. The Morgan fingerprint density at radius 1 is 1.07 bits per heavy atom. The number of carbonyl (C=O) groups excluding carboxylic acids is 2. The predicted octanol–water partition coefficient (Wildman–Crippen LogP) is 1.90. The molecule has 0 aromatic heterocycles. The van der Waals surface area contributed by atoms with Crippen LogP contribution < -0.4 is 0 Å². The topological polar surface area (TPSA) is 104 Å². The van der Waals surface area contributed by atoms with Gasteiger partial charge in [0.25, 0.3) is 0 Å². The van der Waals surface area contributed by atoms with Crippen LogP contribution in [0.1, 0.15) is 64.7 Å². The first-order chi connectivity index (χ1) is 13.6. The van der Waals surface area contributed by atoms with Gasteiger partial charge in [-0.05, 0) is 80.1 Å². The number of ether oxygens (including phenoxy) is 1. The molecule has 0 saturated heterocycles. The van der Waals surface area contributed by atoms with Gasteiger partial charge in [-0.15, -0.1) is 0 Å². The van der Waals surface area contributed by atoms with Gasteiger partial charge in [-0.25, -0.2) is 4.79 Å². The summed E-state index contributed by atoms with van der Waals surface area (Å²) in [5.41, 5.74) is -2.19. The molecule has 0 aromatic rings. The summed E-state index contributed by atoms with van der Waals surface area (Å²) in [4.78, 5) is 24.0. The van der Waals surface area contributed by atoms with E-state index in [-0.39, 0.29) is 35.6 Å². The zero-order valence-electron chi connectivity index (χ0n) is 17.1. The molecule has 0 aromatic carbocycles. The van der Waals surface area contributed by atoms with Crippen LogP contribution in [0.5, 0.6) is 0 Å². The molecule has 1 aliphatic heterocycles. The largest absolute Gasteiger partial charge is 0.458 e. The molecule has 0 amide bonds. The average molecular weight is 405 g/mol. The van der Waals surface area contributed by atoms with Crippen LogP contribution in [0, 0.1) is 28.6 Å². The van der Waals surface area contributed by atoms with Crippen LogP contribution in [-0.4, -0.2) is 51.5 Å². The van der Waals surface area contributed by atoms with Crippen molar-refractivity contribution in [2.75, 3.05) is 6.61 Å². The summed E-state index contributed by atoms with van der Waals surface area (Å²) < 4.78 is 5.10. The Balaban J connectivity index is 1.48. The molecule has 3 N–H and O–H groups in total. The second-order valence-corrected chi connectivity index (χ2v) is 10.9. The smallest absolute Gasteiger partial charge is 0.331 e. The van der Waals surface area contributed by atoms with E-state index >= 15 is 0 Å². The minimum absolute atomic E-state index is 0.0192. The van der Waals surface area contributed by atoms with Gasteiger partial charge in [-0.1, -0.05) is 6.92 Å². The highest BCUT2D eigenvalue weighted by Crippen LogP contribution is 2.68. The van der Waals surface area contributed by atoms with Crippen LogP contribution in [-0.2, 0) is 14.3 Å². The number of fused-ring (bicyclic) bond motifs is 4. The lowest BCUT2D eigenvalue weighted by Gasteiger charge is -2.63. The number of aliphatic hydroxyl groups excluding tert-OH is 1. The van der Waals surface area contributed by atoms with E-state index in [1.54, 1.807) is 6.08 Å². The number of aliphatic hydroxyl groups is 3. The fourth-order valence-corrected chi connectivity index (χ4v) is 7.95. The number of esters is 1. The molecule has 6 heteroatoms. The Morgan fingerprint density at radius 3 is 2.55 bits per heavy atom. The number of carbonyl (C=O) groups is 2. The molecule has 4 fully saturated rings. The minimum Gasteiger partial charge on any atom is -0.458 e. The Bertz CT molecular complexity index is 777. The van der Waals surface area contributed by atoms with E-state index < -0.39 is 22.7 Å². The van der Waals surface area contributed by atoms with Crippen molar-refractivity contribution >= 4 is 12.3 Å². The highest BCUT2D eigenvalue weighted by Gasteiger charge is 2.68. The maximum Gasteiger partial charge on any atom is 0.331 e. The molecular weight excluding hydrogens is 372 g/mol. The Morgan fingerprint density at radius 2 is 1.86 bits per heavy atom. The molecular formula is C23H32O6. The molecule has 160 valence electrons. The van der Waals surface area contributed by atoms with Crippen molar-refractivity contribution in [2.24, 2.45) is 28.6 Å². The number of cyclic esters (lactones) is 1. The summed E-state index contributed by atoms with van der Waals surface area (Å²) in [7, 11) is 0. The molecule has 8 atom stereocenters. The van der Waals surface area contributed by atoms with Crippen molar-refractivity contribution < 1.29 is 29.6 Å². The van der Waals surface area contributed by atoms with Gasteiger partial charge >= 0.3 is 5.97 Å². The monoisotopic (exact) mass is 404 g/mol. The number of hydrogen-bond acceptors (Lipinski definition) is 6. The average Bonchev–Trinajstić information content (AvgIpc) is 3.20. The second-order valence-electron chi connectivity index (χ2n) is 10.9. The van der Waals surface area contributed by atoms with E-state index in [1.165, 1.54) is 0 Å². The van der Waals surface area contributed by atoms with Gasteiger partial charge in [0.05, 0.1) is 22.7 Å². The van der Waals surface area contributed by atoms with E-state index in [2.05, 4.69) is 6.92 Å². The first-order valence-corrected chi connectivity index (χ1v) is 11.1. The molecule has 0 radical (unpaired) electrons. The second kappa shape index (κ2) is 6.14. The summed E-state index contributed by atoms with van der Waals surface area (Å²) in [6.07, 6.45) is 7.36. The van der Waals surface area contributed by atoms with Crippen molar-refractivity contribution in [3.63, 3.8) is 0 Å². The lowest BCUT2D eigenvalue weighted by atomic mass is 9.43. The van der Waals surface area contributed by atoms with Gasteiger partial charge in [0.1, 0.15) is 12.9 Å². The molecule has 0 bridgehead atoms. The van der Waals surface area contributed by atoms with E-state index in [0.29, 0.717) is 45.1 Å². The molecule has 6 nitrogen and oxygen atoms in total. The van der Waals surface area contributed by atoms with Gasteiger partial charge < -0.3 is 24.9 Å². The quantitative estimate of drug-likeness (QED) is 0.480. The summed E-state index contributed by atoms with van der Waals surface area (Å²) >= 11 is 0. The molecule has 0 spiro atoms. The van der Waals surface area contributed by atoms with Crippen molar-refractivity contribution in [2.45, 2.75) is 82.0 Å². The van der Waals surface area contributed by atoms with E-state index in [4.69, 9.17) is 4.74 Å². The predicted molar refractivity (Wildman–Crippen MR) is 104 cm³/mol. The van der Waals surface area contributed by atoms with Crippen LogP contribution >= 0.6 is 0 Å². The summed E-state index contributed by atoms with van der Waals surface area (Å²) in [5.74, 6) is 0.0379. The molecule has 4 aliphatic carbocycles. The third-order valence-corrected chi connectivity index (χ3v) is 9.58. The molecule has 5 aliphatic rings. The lowest BCUT2D eigenvalue weighted by Crippen LogP contribution is -2.66. The fraction of sp³-hybridized carbons (Fsp3) is 0.826. The van der Waals surface area contributed by atoms with Crippen molar-refractivity contribution in [1.29, 1.82) is 0 Å². The van der Waals surface area contributed by atoms with Gasteiger partial charge in [0, 0.05) is 12.5 Å².